The minimum atomic E-state index is -0.245. The Morgan fingerprint density at radius 2 is 1.17 bits per heavy atom. The summed E-state index contributed by atoms with van der Waals surface area (Å²) in [5, 5.41) is 0. The number of aryl methyl sites for hydroxylation is 2. The molecule has 1 heteroatoms. The van der Waals surface area contributed by atoms with Gasteiger partial charge in [-0.3, -0.25) is 0 Å². The van der Waals surface area contributed by atoms with Gasteiger partial charge in [0.2, 0.25) is 0 Å². The van der Waals surface area contributed by atoms with Crippen LogP contribution in [0.25, 0.3) is 12.2 Å². The van der Waals surface area contributed by atoms with Crippen molar-refractivity contribution in [3.8, 4) is 0 Å². The number of allylic oxidation sites excluding steroid dienone is 2. The predicted molar refractivity (Wildman–Crippen MR) is 144 cm³/mol. The first-order valence-corrected chi connectivity index (χ1v) is 12.2. The summed E-state index contributed by atoms with van der Waals surface area (Å²) in [5.41, 5.74) is 10.3. The second-order valence-electron chi connectivity index (χ2n) is 9.83. The van der Waals surface area contributed by atoms with Gasteiger partial charge in [-0.1, -0.05) is 149 Å². The van der Waals surface area contributed by atoms with Crippen LogP contribution in [0.15, 0.2) is 109 Å². The van der Waals surface area contributed by atoms with Crippen LogP contribution in [0, 0.1) is 20.3 Å². The van der Waals surface area contributed by atoms with Crippen molar-refractivity contribution in [1.82, 2.24) is 0 Å². The third kappa shape index (κ3) is 3.95. The van der Waals surface area contributed by atoms with Gasteiger partial charge in [-0.05, 0) is 36.1 Å². The molecule has 0 aliphatic heterocycles. The van der Waals surface area contributed by atoms with Crippen molar-refractivity contribution in [1.29, 1.82) is 0 Å². The van der Waals surface area contributed by atoms with E-state index in [0.717, 1.165) is 6.42 Å². The van der Waals surface area contributed by atoms with E-state index in [9.17, 15) is 0 Å². The van der Waals surface area contributed by atoms with E-state index in [1.54, 1.807) is 0 Å². The Morgan fingerprint density at radius 1 is 0.600 bits per heavy atom. The summed E-state index contributed by atoms with van der Waals surface area (Å²) in [6.07, 6.45) is 12.9. The first-order chi connectivity index (χ1) is 16.6. The van der Waals surface area contributed by atoms with E-state index in [1.165, 1.54) is 44.5 Å². The van der Waals surface area contributed by atoms with Crippen LogP contribution < -0.4 is 0 Å². The van der Waals surface area contributed by atoms with E-state index >= 15 is 0 Å². The Morgan fingerprint density at radius 3 is 1.89 bits per heavy atom. The standard InChI is InChI=1S/C34H29.Zr/c1-25-9-7-13-29(23-25)33(19-17-27-11-3-5-15-31(27)33)21-22-34(30-14-8-10-26(2)24-30)20-18-28-12-4-6-16-32(28)34;/h3-21,23-24H,22H2,1-2H3;/q-1;. The van der Waals surface area contributed by atoms with Crippen molar-refractivity contribution in [2.45, 2.75) is 31.1 Å². The Balaban J connectivity index is 0.00000253. The van der Waals surface area contributed by atoms with Crippen LogP contribution in [-0.2, 0) is 37.0 Å². The maximum atomic E-state index is 2.57. The average molecular weight is 529 g/mol. The summed E-state index contributed by atoms with van der Waals surface area (Å²) in [7, 11) is 0. The van der Waals surface area contributed by atoms with Gasteiger partial charge < -0.3 is 6.42 Å². The predicted octanol–water partition coefficient (Wildman–Crippen LogP) is 8.22. The summed E-state index contributed by atoms with van der Waals surface area (Å²) < 4.78 is 0. The van der Waals surface area contributed by atoms with Gasteiger partial charge in [-0.15, -0.1) is 0 Å². The van der Waals surface area contributed by atoms with Crippen molar-refractivity contribution in [2.75, 3.05) is 0 Å². The minimum Gasteiger partial charge on any atom is -0.309 e. The molecule has 2 aliphatic carbocycles. The summed E-state index contributed by atoms with van der Waals surface area (Å²) in [4.78, 5) is 0. The molecule has 0 amide bonds. The van der Waals surface area contributed by atoms with Gasteiger partial charge in [0.15, 0.2) is 0 Å². The van der Waals surface area contributed by atoms with Crippen LogP contribution in [0.3, 0.4) is 0 Å². The number of hydrogen-bond acceptors (Lipinski definition) is 0. The minimum absolute atomic E-state index is 0. The van der Waals surface area contributed by atoms with Crippen LogP contribution in [0.1, 0.15) is 50.9 Å². The van der Waals surface area contributed by atoms with Crippen LogP contribution in [0.5, 0.6) is 0 Å². The molecule has 35 heavy (non-hydrogen) atoms. The molecule has 0 heterocycles. The number of hydrogen-bond donors (Lipinski definition) is 0. The van der Waals surface area contributed by atoms with Crippen molar-refractivity contribution in [3.63, 3.8) is 0 Å². The fourth-order valence-corrected chi connectivity index (χ4v) is 5.94. The maximum Gasteiger partial charge on any atom is 0.0123 e. The van der Waals surface area contributed by atoms with Gasteiger partial charge in [-0.2, -0.15) is 6.42 Å². The molecule has 4 aromatic carbocycles. The number of fused-ring (bicyclic) bond motifs is 2. The molecular weight excluding hydrogens is 500 g/mol. The summed E-state index contributed by atoms with van der Waals surface area (Å²) in [6, 6.07) is 35.8. The van der Waals surface area contributed by atoms with Gasteiger partial charge in [0.1, 0.15) is 0 Å². The smallest absolute Gasteiger partial charge is 0.0123 e. The van der Waals surface area contributed by atoms with Crippen LogP contribution in [0.2, 0.25) is 0 Å². The molecule has 0 saturated carbocycles. The Bertz CT molecular complexity index is 1330. The Hall–Kier alpha value is -2.76. The molecule has 0 fully saturated rings. The van der Waals surface area contributed by atoms with E-state index in [4.69, 9.17) is 0 Å². The topological polar surface area (TPSA) is 0 Å². The van der Waals surface area contributed by atoms with E-state index in [0.29, 0.717) is 0 Å². The third-order valence-electron chi connectivity index (χ3n) is 7.70. The van der Waals surface area contributed by atoms with Crippen molar-refractivity contribution >= 4 is 12.2 Å². The monoisotopic (exact) mass is 527 g/mol. The van der Waals surface area contributed by atoms with E-state index in [1.807, 2.05) is 0 Å². The fourth-order valence-electron chi connectivity index (χ4n) is 5.94. The average Bonchev–Trinajstić information content (AvgIpc) is 3.43. The van der Waals surface area contributed by atoms with E-state index in [-0.39, 0.29) is 37.0 Å². The SMILES string of the molecule is Cc1cccc(C2([CH-]CC3(c4cccc(C)c4)C=Cc4ccccc43)C=Cc3ccccc32)c1.[Zr]. The Kier molecular flexibility index (Phi) is 6.41. The summed E-state index contributed by atoms with van der Waals surface area (Å²) >= 11 is 0. The fraction of sp³-hybridized carbons (Fsp3) is 0.147. The molecule has 0 bridgehead atoms. The second kappa shape index (κ2) is 9.36. The van der Waals surface area contributed by atoms with Gasteiger partial charge in [0.05, 0.1) is 0 Å². The summed E-state index contributed by atoms with van der Waals surface area (Å²) in [6.45, 7) is 4.38. The number of benzene rings is 4. The molecule has 0 N–H and O–H groups in total. The second-order valence-corrected chi connectivity index (χ2v) is 9.83. The quantitative estimate of drug-likeness (QED) is 0.229. The Labute approximate surface area is 228 Å². The molecule has 0 spiro atoms. The molecular formula is C34H29Zr-. The molecule has 0 saturated heterocycles. The van der Waals surface area contributed by atoms with E-state index < -0.39 is 0 Å². The third-order valence-corrected chi connectivity index (χ3v) is 7.70. The molecule has 0 radical (unpaired) electrons. The normalized spacial score (nSPS) is 21.4. The zero-order valence-corrected chi connectivity index (χ0v) is 22.8. The molecule has 0 nitrogen and oxygen atoms in total. The first-order valence-electron chi connectivity index (χ1n) is 12.2. The van der Waals surface area contributed by atoms with Crippen LogP contribution in [-0.4, -0.2) is 0 Å². The summed E-state index contributed by atoms with van der Waals surface area (Å²) in [5.74, 6) is 0. The molecule has 170 valence electrons. The van der Waals surface area contributed by atoms with Gasteiger partial charge in [0.25, 0.3) is 0 Å². The number of rotatable bonds is 5. The van der Waals surface area contributed by atoms with Crippen molar-refractivity contribution in [2.24, 2.45) is 0 Å². The van der Waals surface area contributed by atoms with Gasteiger partial charge in [-0.25, -0.2) is 0 Å². The first kappa shape index (κ1) is 24.0. The zero-order valence-electron chi connectivity index (χ0n) is 20.3. The van der Waals surface area contributed by atoms with E-state index in [2.05, 4.69) is 142 Å². The van der Waals surface area contributed by atoms with Crippen LogP contribution in [0.4, 0.5) is 0 Å². The van der Waals surface area contributed by atoms with Crippen molar-refractivity contribution < 1.29 is 26.2 Å². The molecule has 6 rings (SSSR count). The zero-order chi connectivity index (χ0) is 23.2. The molecule has 4 aromatic rings. The van der Waals surface area contributed by atoms with Crippen molar-refractivity contribution in [3.05, 3.63) is 160 Å². The van der Waals surface area contributed by atoms with Gasteiger partial charge >= 0.3 is 0 Å². The molecule has 2 unspecified atom stereocenters. The molecule has 0 aromatic heterocycles. The van der Waals surface area contributed by atoms with Gasteiger partial charge in [0, 0.05) is 31.6 Å². The largest absolute Gasteiger partial charge is 0.309 e. The van der Waals surface area contributed by atoms with Crippen LogP contribution >= 0.6 is 0 Å². The molecule has 2 aliphatic rings. The maximum absolute atomic E-state index is 2.57. The molecule has 2 atom stereocenters.